The van der Waals surface area contributed by atoms with Crippen molar-refractivity contribution >= 4 is 43.9 Å². The third-order valence-electron chi connectivity index (χ3n) is 13.6. The molecule has 13 rings (SSSR count). The summed E-state index contributed by atoms with van der Waals surface area (Å²) >= 11 is 0. The molecule has 3 heterocycles. The summed E-state index contributed by atoms with van der Waals surface area (Å²) in [6, 6.07) is 62.4. The van der Waals surface area contributed by atoms with Gasteiger partial charge in [-0.3, -0.25) is 0 Å². The lowest BCUT2D eigenvalue weighted by Crippen LogP contribution is -2.28. The van der Waals surface area contributed by atoms with Gasteiger partial charge in [-0.05, 0) is 99.8 Å². The molecular formula is C57H39N3O2. The fourth-order valence-electron chi connectivity index (χ4n) is 10.6. The Morgan fingerprint density at radius 3 is 1.45 bits per heavy atom. The minimum absolute atomic E-state index is 0.111. The van der Waals surface area contributed by atoms with Gasteiger partial charge in [-0.1, -0.05) is 153 Å². The van der Waals surface area contributed by atoms with Crippen LogP contribution in [0.25, 0.3) is 111 Å². The Morgan fingerprint density at radius 2 is 0.806 bits per heavy atom. The van der Waals surface area contributed by atoms with Gasteiger partial charge in [0.15, 0.2) is 17.5 Å². The highest BCUT2D eigenvalue weighted by molar-refractivity contribution is 6.10. The third-order valence-corrected chi connectivity index (χ3v) is 13.6. The van der Waals surface area contributed by atoms with E-state index < -0.39 is 0 Å². The monoisotopic (exact) mass is 797 g/mol. The molecule has 0 saturated heterocycles. The van der Waals surface area contributed by atoms with E-state index >= 15 is 0 Å². The van der Waals surface area contributed by atoms with Gasteiger partial charge in [0.25, 0.3) is 0 Å². The summed E-state index contributed by atoms with van der Waals surface area (Å²) < 4.78 is 13.0. The lowest BCUT2D eigenvalue weighted by molar-refractivity contribution is 0.353. The topological polar surface area (TPSA) is 65.0 Å². The molecule has 3 aromatic heterocycles. The van der Waals surface area contributed by atoms with Crippen molar-refractivity contribution in [1.29, 1.82) is 0 Å². The molecule has 5 nitrogen and oxygen atoms in total. The molecule has 5 heteroatoms. The Hall–Kier alpha value is -7.63. The number of furan rings is 2. The maximum Gasteiger partial charge on any atom is 0.167 e. The Bertz CT molecular complexity index is 3460. The average Bonchev–Trinajstić information content (AvgIpc) is 4.00. The van der Waals surface area contributed by atoms with Crippen LogP contribution < -0.4 is 0 Å². The molecule has 2 aliphatic rings. The van der Waals surface area contributed by atoms with Crippen molar-refractivity contribution < 1.29 is 8.83 Å². The molecular weight excluding hydrogens is 759 g/mol. The molecule has 62 heavy (non-hydrogen) atoms. The van der Waals surface area contributed by atoms with Crippen LogP contribution >= 0.6 is 0 Å². The highest BCUT2D eigenvalue weighted by Gasteiger charge is 2.43. The van der Waals surface area contributed by atoms with E-state index in [2.05, 4.69) is 115 Å². The number of hydrogen-bond acceptors (Lipinski definition) is 5. The zero-order valence-corrected chi connectivity index (χ0v) is 33.9. The van der Waals surface area contributed by atoms with E-state index in [1.165, 1.54) is 65.5 Å². The number of fused-ring (bicyclic) bond motifs is 11. The van der Waals surface area contributed by atoms with Crippen LogP contribution in [0.4, 0.5) is 0 Å². The van der Waals surface area contributed by atoms with Crippen LogP contribution in [0, 0.1) is 0 Å². The first-order chi connectivity index (χ1) is 30.7. The maximum atomic E-state index is 6.52. The molecule has 2 aliphatic carbocycles. The summed E-state index contributed by atoms with van der Waals surface area (Å²) in [5.74, 6) is 1.63. The molecule has 1 spiro atoms. The van der Waals surface area contributed by atoms with Crippen molar-refractivity contribution in [3.63, 3.8) is 0 Å². The van der Waals surface area contributed by atoms with Gasteiger partial charge in [0.2, 0.25) is 0 Å². The van der Waals surface area contributed by atoms with E-state index in [0.717, 1.165) is 71.7 Å². The van der Waals surface area contributed by atoms with Crippen LogP contribution in [0.1, 0.15) is 43.2 Å². The number of hydrogen-bond donors (Lipinski definition) is 0. The summed E-state index contributed by atoms with van der Waals surface area (Å²) in [4.78, 5) is 15.6. The minimum Gasteiger partial charge on any atom is -0.455 e. The molecule has 11 aromatic rings. The Balaban J connectivity index is 0.941. The van der Waals surface area contributed by atoms with Crippen molar-refractivity contribution in [1.82, 2.24) is 15.0 Å². The molecule has 294 valence electrons. The fraction of sp³-hybridized carbons (Fsp3) is 0.105. The smallest absolute Gasteiger partial charge is 0.167 e. The second-order valence-corrected chi connectivity index (χ2v) is 17.0. The zero-order chi connectivity index (χ0) is 40.8. The van der Waals surface area contributed by atoms with Crippen molar-refractivity contribution in [2.75, 3.05) is 0 Å². The number of para-hydroxylation sites is 4. The predicted molar refractivity (Wildman–Crippen MR) is 251 cm³/mol. The third kappa shape index (κ3) is 5.37. The highest BCUT2D eigenvalue weighted by atomic mass is 16.3. The van der Waals surface area contributed by atoms with Crippen molar-refractivity contribution in [3.8, 4) is 67.5 Å². The number of aromatic nitrogens is 3. The van der Waals surface area contributed by atoms with Gasteiger partial charge in [0, 0.05) is 32.5 Å². The second-order valence-electron chi connectivity index (χ2n) is 17.0. The van der Waals surface area contributed by atoms with E-state index in [1.54, 1.807) is 0 Å². The lowest BCUT2D eigenvalue weighted by atomic mass is 9.67. The number of rotatable bonds is 5. The maximum absolute atomic E-state index is 6.52. The normalized spacial score (nSPS) is 14.3. The van der Waals surface area contributed by atoms with Crippen LogP contribution in [0.15, 0.2) is 185 Å². The second kappa shape index (κ2) is 13.7. The van der Waals surface area contributed by atoms with Crippen molar-refractivity contribution in [3.05, 3.63) is 187 Å². The first kappa shape index (κ1) is 35.2. The molecule has 0 bridgehead atoms. The summed E-state index contributed by atoms with van der Waals surface area (Å²) in [7, 11) is 0. The molecule has 0 atom stereocenters. The molecule has 1 fully saturated rings. The molecule has 1 saturated carbocycles. The largest absolute Gasteiger partial charge is 0.455 e. The van der Waals surface area contributed by atoms with Crippen LogP contribution in [0.5, 0.6) is 0 Å². The standard InChI is InChI=1S/C57H39N3O2/c1-8-30-57(31-9-1)48-25-5-2-18-40(48)41-29-28-38(34-49(41)57)36-15-10-14-35(32-36)37-16-11-17-39(33-37)54-58-55(46-23-12-21-44-42-19-3-6-26-50(42)61-52(44)46)60-56(59-54)47-24-13-22-45-43-20-4-7-27-51(43)62-53(45)47/h2-7,10-29,32-34H,1,8-9,30-31H2. The van der Waals surface area contributed by atoms with E-state index in [4.69, 9.17) is 23.8 Å². The fourth-order valence-corrected chi connectivity index (χ4v) is 10.6. The number of benzene rings is 8. The van der Waals surface area contributed by atoms with Crippen LogP contribution in [0.2, 0.25) is 0 Å². The van der Waals surface area contributed by atoms with E-state index in [-0.39, 0.29) is 5.41 Å². The van der Waals surface area contributed by atoms with Gasteiger partial charge < -0.3 is 8.83 Å². The Morgan fingerprint density at radius 1 is 0.339 bits per heavy atom. The predicted octanol–water partition coefficient (Wildman–Crippen LogP) is 15.2. The summed E-state index contributed by atoms with van der Waals surface area (Å²) in [5.41, 5.74) is 16.3. The molecule has 8 aromatic carbocycles. The van der Waals surface area contributed by atoms with Gasteiger partial charge in [0.05, 0.1) is 11.1 Å². The van der Waals surface area contributed by atoms with E-state index in [1.807, 2.05) is 60.7 Å². The molecule has 0 aliphatic heterocycles. The van der Waals surface area contributed by atoms with Crippen LogP contribution in [-0.2, 0) is 5.41 Å². The highest BCUT2D eigenvalue weighted by Crippen LogP contribution is 2.56. The van der Waals surface area contributed by atoms with Gasteiger partial charge in [-0.15, -0.1) is 0 Å². The SMILES string of the molecule is c1cc(-c2cccc(-c3nc(-c4cccc5c4oc4ccccc45)nc(-c4cccc5c4oc4ccccc45)n3)c2)cc(-c2ccc3c(c2)C2(CCCCC2)c2ccccc2-3)c1. The molecule has 0 amide bonds. The van der Waals surface area contributed by atoms with Gasteiger partial charge >= 0.3 is 0 Å². The zero-order valence-electron chi connectivity index (χ0n) is 33.9. The lowest BCUT2D eigenvalue weighted by Gasteiger charge is -2.36. The summed E-state index contributed by atoms with van der Waals surface area (Å²) in [6.45, 7) is 0. The summed E-state index contributed by atoms with van der Waals surface area (Å²) in [6.07, 6.45) is 6.31. The molecule has 0 radical (unpaired) electrons. The van der Waals surface area contributed by atoms with Crippen LogP contribution in [-0.4, -0.2) is 15.0 Å². The van der Waals surface area contributed by atoms with Crippen LogP contribution in [0.3, 0.4) is 0 Å². The first-order valence-electron chi connectivity index (χ1n) is 21.7. The average molecular weight is 798 g/mol. The first-order valence-corrected chi connectivity index (χ1v) is 21.7. The minimum atomic E-state index is 0.111. The van der Waals surface area contributed by atoms with E-state index in [9.17, 15) is 0 Å². The van der Waals surface area contributed by atoms with E-state index in [0.29, 0.717) is 17.5 Å². The van der Waals surface area contributed by atoms with Gasteiger partial charge in [-0.2, -0.15) is 0 Å². The molecule has 0 unspecified atom stereocenters. The Labute approximate surface area is 358 Å². The van der Waals surface area contributed by atoms with Crippen molar-refractivity contribution in [2.45, 2.75) is 37.5 Å². The summed E-state index contributed by atoms with van der Waals surface area (Å²) in [5, 5.41) is 4.15. The van der Waals surface area contributed by atoms with Crippen molar-refractivity contribution in [2.24, 2.45) is 0 Å². The molecule has 0 N–H and O–H groups in total. The quantitative estimate of drug-likeness (QED) is 0.174. The number of nitrogens with zero attached hydrogens (tertiary/aromatic N) is 3. The Kier molecular flexibility index (Phi) is 7.77. The van der Waals surface area contributed by atoms with Gasteiger partial charge in [0.1, 0.15) is 22.3 Å². The van der Waals surface area contributed by atoms with Gasteiger partial charge in [-0.25, -0.2) is 15.0 Å².